The Morgan fingerprint density at radius 1 is 1.08 bits per heavy atom. The maximum absolute atomic E-state index is 12.4. The van der Waals surface area contributed by atoms with Gasteiger partial charge in [-0.3, -0.25) is 10.2 Å². The van der Waals surface area contributed by atoms with Crippen molar-refractivity contribution in [3.63, 3.8) is 0 Å². The van der Waals surface area contributed by atoms with E-state index < -0.39 is 5.91 Å². The van der Waals surface area contributed by atoms with Crippen LogP contribution in [0, 0.1) is 23.2 Å². The van der Waals surface area contributed by atoms with E-state index in [0.717, 1.165) is 22.2 Å². The summed E-state index contributed by atoms with van der Waals surface area (Å²) in [5, 5.41) is 30.0. The Morgan fingerprint density at radius 3 is 2.16 bits per heavy atom. The number of carbonyl (C=O) groups is 1. The van der Waals surface area contributed by atoms with Crippen molar-refractivity contribution in [3.8, 4) is 17.8 Å². The number of benzene rings is 1. The summed E-state index contributed by atoms with van der Waals surface area (Å²) < 4.78 is 1.07. The van der Waals surface area contributed by atoms with Gasteiger partial charge in [-0.25, -0.2) is 0 Å². The van der Waals surface area contributed by atoms with Crippen LogP contribution in [0.5, 0.6) is 11.8 Å². The Hall–Kier alpha value is -3.20. The minimum Gasteiger partial charge on any atom is -0.493 e. The average Bonchev–Trinajstić information content (AvgIpc) is 3.43. The molecule has 4 atom stereocenters. The number of aromatic hydroxyl groups is 2. The van der Waals surface area contributed by atoms with Crippen LogP contribution in [0.4, 0.5) is 0 Å². The highest BCUT2D eigenvalue weighted by atomic mass is 16.3. The van der Waals surface area contributed by atoms with Crippen LogP contribution in [-0.2, 0) is 0 Å². The quantitative estimate of drug-likeness (QED) is 0.736. The molecule has 0 aliphatic heterocycles. The molecule has 1 saturated carbocycles. The Bertz CT molecular complexity index is 939. The highest BCUT2D eigenvalue weighted by Gasteiger charge is 2.57. The van der Waals surface area contributed by atoms with Crippen molar-refractivity contribution in [1.29, 1.82) is 5.26 Å². The first-order chi connectivity index (χ1) is 12.1. The van der Waals surface area contributed by atoms with Gasteiger partial charge in [-0.05, 0) is 42.5 Å². The van der Waals surface area contributed by atoms with E-state index in [4.69, 9.17) is 5.26 Å². The number of hydrogen-bond acceptors (Lipinski definition) is 4. The van der Waals surface area contributed by atoms with E-state index in [-0.39, 0.29) is 23.6 Å². The second kappa shape index (κ2) is 4.67. The number of nitrogens with one attached hydrogen (secondary N) is 1. The zero-order chi connectivity index (χ0) is 17.3. The molecule has 6 rings (SSSR count). The van der Waals surface area contributed by atoms with Gasteiger partial charge in [-0.2, -0.15) is 9.94 Å². The lowest BCUT2D eigenvalue weighted by atomic mass is 9.73. The van der Waals surface area contributed by atoms with Crippen LogP contribution in [0.3, 0.4) is 0 Å². The molecule has 0 saturated heterocycles. The van der Waals surface area contributed by atoms with Gasteiger partial charge in [0.1, 0.15) is 0 Å². The van der Waals surface area contributed by atoms with Crippen molar-refractivity contribution in [1.82, 2.24) is 4.68 Å². The Morgan fingerprint density at radius 2 is 1.64 bits per heavy atom. The molecule has 1 aromatic carbocycles. The molecule has 1 aromatic heterocycles. The summed E-state index contributed by atoms with van der Waals surface area (Å²) in [6.07, 6.45) is 5.33. The fourth-order valence-corrected chi connectivity index (χ4v) is 4.41. The van der Waals surface area contributed by atoms with Crippen LogP contribution in [0.25, 0.3) is 0 Å². The monoisotopic (exact) mass is 333 g/mol. The SMILES string of the molecule is N#Cc1ccc(C(=O)Nn2c(O)c3c(c2O)C2C=CC3C3CC23)cc1. The van der Waals surface area contributed by atoms with Gasteiger partial charge in [0.05, 0.1) is 11.6 Å². The highest BCUT2D eigenvalue weighted by molar-refractivity contribution is 6.00. The van der Waals surface area contributed by atoms with Crippen LogP contribution in [-0.4, -0.2) is 20.8 Å². The highest BCUT2D eigenvalue weighted by Crippen LogP contribution is 2.67. The molecule has 1 amide bonds. The van der Waals surface area contributed by atoms with Crippen LogP contribution in [0.1, 0.15) is 45.3 Å². The van der Waals surface area contributed by atoms with Gasteiger partial charge in [-0.15, -0.1) is 0 Å². The number of allylic oxidation sites excluding steroid dienone is 2. The first kappa shape index (κ1) is 14.2. The molecule has 4 unspecified atom stereocenters. The molecular weight excluding hydrogens is 318 g/mol. The van der Waals surface area contributed by atoms with Gasteiger partial charge in [-0.1, -0.05) is 12.2 Å². The van der Waals surface area contributed by atoms with Crippen LogP contribution in [0.2, 0.25) is 0 Å². The van der Waals surface area contributed by atoms with Gasteiger partial charge in [0.25, 0.3) is 5.91 Å². The molecule has 3 N–H and O–H groups in total. The van der Waals surface area contributed by atoms with E-state index in [2.05, 4.69) is 17.6 Å². The van der Waals surface area contributed by atoms with Gasteiger partial charge in [0.2, 0.25) is 11.8 Å². The fraction of sp³-hybridized carbons (Fsp3) is 0.263. The average molecular weight is 333 g/mol. The molecule has 2 bridgehead atoms. The van der Waals surface area contributed by atoms with Crippen molar-refractivity contribution in [2.75, 3.05) is 5.43 Å². The van der Waals surface area contributed by atoms with Gasteiger partial charge >= 0.3 is 0 Å². The number of nitriles is 1. The summed E-state index contributed by atoms with van der Waals surface area (Å²) in [5.41, 5.74) is 4.83. The van der Waals surface area contributed by atoms with Gasteiger partial charge < -0.3 is 10.2 Å². The van der Waals surface area contributed by atoms with E-state index in [1.807, 2.05) is 6.07 Å². The minimum absolute atomic E-state index is 0.0980. The first-order valence-corrected chi connectivity index (χ1v) is 8.26. The molecule has 6 heteroatoms. The summed E-state index contributed by atoms with van der Waals surface area (Å²) in [6.45, 7) is 0. The first-order valence-electron chi connectivity index (χ1n) is 8.26. The Labute approximate surface area is 143 Å². The number of nitrogens with zero attached hydrogens (tertiary/aromatic N) is 2. The molecule has 124 valence electrons. The molecule has 6 nitrogen and oxygen atoms in total. The molecule has 2 aromatic rings. The van der Waals surface area contributed by atoms with Crippen molar-refractivity contribution in [3.05, 3.63) is 58.7 Å². The molecule has 1 heterocycles. The lowest BCUT2D eigenvalue weighted by Crippen LogP contribution is -2.22. The second-order valence-corrected chi connectivity index (χ2v) is 6.94. The maximum atomic E-state index is 12.4. The minimum atomic E-state index is -0.465. The smallest absolute Gasteiger partial charge is 0.270 e. The molecular formula is C19H15N3O3. The van der Waals surface area contributed by atoms with Crippen molar-refractivity contribution >= 4 is 5.91 Å². The van der Waals surface area contributed by atoms with E-state index >= 15 is 0 Å². The third kappa shape index (κ3) is 1.81. The normalized spacial score (nSPS) is 27.3. The lowest BCUT2D eigenvalue weighted by molar-refractivity contribution is 0.100. The van der Waals surface area contributed by atoms with Crippen molar-refractivity contribution in [2.45, 2.75) is 18.3 Å². The zero-order valence-electron chi connectivity index (χ0n) is 13.2. The lowest BCUT2D eigenvalue weighted by Gasteiger charge is -2.29. The van der Waals surface area contributed by atoms with E-state index in [0.29, 0.717) is 23.0 Å². The fourth-order valence-electron chi connectivity index (χ4n) is 4.41. The van der Waals surface area contributed by atoms with E-state index in [1.165, 1.54) is 12.1 Å². The molecule has 4 aliphatic carbocycles. The molecule has 0 radical (unpaired) electrons. The number of carbonyl (C=O) groups excluding carboxylic acids is 1. The van der Waals surface area contributed by atoms with Crippen LogP contribution in [0.15, 0.2) is 36.4 Å². The van der Waals surface area contributed by atoms with E-state index in [9.17, 15) is 15.0 Å². The van der Waals surface area contributed by atoms with Crippen molar-refractivity contribution < 1.29 is 15.0 Å². The number of amides is 1. The topological polar surface area (TPSA) is 98.3 Å². The van der Waals surface area contributed by atoms with Gasteiger partial charge in [0, 0.05) is 28.5 Å². The summed E-state index contributed by atoms with van der Waals surface area (Å²) in [7, 11) is 0. The molecule has 25 heavy (non-hydrogen) atoms. The summed E-state index contributed by atoms with van der Waals surface area (Å²) in [4.78, 5) is 12.4. The number of hydrogen-bond donors (Lipinski definition) is 3. The predicted molar refractivity (Wildman–Crippen MR) is 88.8 cm³/mol. The third-order valence-electron chi connectivity index (χ3n) is 5.69. The Balaban J connectivity index is 1.50. The summed E-state index contributed by atoms with van der Waals surface area (Å²) >= 11 is 0. The summed E-state index contributed by atoms with van der Waals surface area (Å²) in [6, 6.07) is 8.16. The van der Waals surface area contributed by atoms with E-state index in [1.54, 1.807) is 12.1 Å². The summed E-state index contributed by atoms with van der Waals surface area (Å²) in [5.74, 6) is 0.648. The predicted octanol–water partition coefficient (Wildman–Crippen LogP) is 2.54. The van der Waals surface area contributed by atoms with Crippen LogP contribution < -0.4 is 5.43 Å². The number of aromatic nitrogens is 1. The second-order valence-electron chi connectivity index (χ2n) is 6.94. The molecule has 1 fully saturated rings. The molecule has 0 spiro atoms. The maximum Gasteiger partial charge on any atom is 0.270 e. The molecule has 4 aliphatic rings. The largest absolute Gasteiger partial charge is 0.493 e. The van der Waals surface area contributed by atoms with Gasteiger partial charge in [0.15, 0.2) is 0 Å². The van der Waals surface area contributed by atoms with Crippen LogP contribution >= 0.6 is 0 Å². The standard InChI is InChI=1S/C19H15N3O3/c20-8-9-1-3-10(4-2-9)17(23)21-22-18(24)15-11-5-6-12(14-7-13(11)14)16(15)19(22)25/h1-6,11-14,24-25H,7H2,(H,21,23). The van der Waals surface area contributed by atoms with Crippen molar-refractivity contribution in [2.24, 2.45) is 11.8 Å². The third-order valence-corrected chi connectivity index (χ3v) is 5.69. The zero-order valence-corrected chi connectivity index (χ0v) is 13.2. The number of rotatable bonds is 2. The Kier molecular flexibility index (Phi) is 2.65.